The summed E-state index contributed by atoms with van der Waals surface area (Å²) in [4.78, 5) is 10.9. The van der Waals surface area contributed by atoms with Gasteiger partial charge in [-0.15, -0.1) is 0 Å². The van der Waals surface area contributed by atoms with Crippen molar-refractivity contribution in [3.8, 4) is 0 Å². The average molecular weight is 308 g/mol. The Morgan fingerprint density at radius 1 is 1.35 bits per heavy atom. The Morgan fingerprint density at radius 2 is 1.82 bits per heavy atom. The van der Waals surface area contributed by atoms with Crippen LogP contribution in [-0.2, 0) is 4.79 Å². The van der Waals surface area contributed by atoms with Crippen molar-refractivity contribution >= 4 is 27.6 Å². The van der Waals surface area contributed by atoms with Crippen LogP contribution in [0.3, 0.4) is 0 Å². The summed E-state index contributed by atoms with van der Waals surface area (Å²) >= 11 is 2.95. The Labute approximate surface area is 106 Å². The fraction of sp³-hybridized carbons (Fsp3) is 0.364. The molecule has 0 saturated carbocycles. The molecule has 1 atom stereocenters. The molecule has 0 spiro atoms. The van der Waals surface area contributed by atoms with Gasteiger partial charge in [-0.2, -0.15) is 0 Å². The number of carboxylic acids is 1. The number of rotatable bonds is 4. The van der Waals surface area contributed by atoms with Gasteiger partial charge in [-0.05, 0) is 18.1 Å². The van der Waals surface area contributed by atoms with Crippen LogP contribution in [-0.4, -0.2) is 17.1 Å². The third-order valence-electron chi connectivity index (χ3n) is 2.24. The van der Waals surface area contributed by atoms with E-state index in [4.69, 9.17) is 5.11 Å². The fourth-order valence-electron chi connectivity index (χ4n) is 1.35. The van der Waals surface area contributed by atoms with E-state index in [2.05, 4.69) is 21.2 Å². The van der Waals surface area contributed by atoms with Crippen molar-refractivity contribution in [3.05, 3.63) is 28.2 Å². The lowest BCUT2D eigenvalue weighted by molar-refractivity contribution is -0.138. The molecule has 6 heteroatoms. The van der Waals surface area contributed by atoms with Crippen LogP contribution in [0.15, 0.2) is 16.6 Å². The average Bonchev–Trinajstić information content (AvgIpc) is 2.14. The van der Waals surface area contributed by atoms with Gasteiger partial charge in [-0.3, -0.25) is 0 Å². The molecule has 0 aliphatic rings. The van der Waals surface area contributed by atoms with E-state index in [-0.39, 0.29) is 10.4 Å². The number of hydrogen-bond donors (Lipinski definition) is 2. The number of anilines is 1. The highest BCUT2D eigenvalue weighted by molar-refractivity contribution is 9.10. The van der Waals surface area contributed by atoms with E-state index in [0.29, 0.717) is 0 Å². The molecule has 0 heterocycles. The van der Waals surface area contributed by atoms with E-state index < -0.39 is 29.3 Å². The van der Waals surface area contributed by atoms with E-state index in [0.717, 1.165) is 12.1 Å². The van der Waals surface area contributed by atoms with E-state index in [1.54, 1.807) is 13.8 Å². The van der Waals surface area contributed by atoms with Crippen LogP contribution in [0.25, 0.3) is 0 Å². The summed E-state index contributed by atoms with van der Waals surface area (Å²) in [7, 11) is 0. The van der Waals surface area contributed by atoms with Crippen molar-refractivity contribution < 1.29 is 18.7 Å². The largest absolute Gasteiger partial charge is 0.480 e. The second-order valence-corrected chi connectivity index (χ2v) is 4.86. The molecule has 1 rings (SSSR count). The summed E-state index contributed by atoms with van der Waals surface area (Å²) in [5, 5.41) is 11.3. The van der Waals surface area contributed by atoms with Crippen LogP contribution >= 0.6 is 15.9 Å². The molecule has 3 nitrogen and oxygen atoms in total. The zero-order valence-electron chi connectivity index (χ0n) is 9.30. The van der Waals surface area contributed by atoms with Gasteiger partial charge in [0.25, 0.3) is 0 Å². The highest BCUT2D eigenvalue weighted by Crippen LogP contribution is 2.25. The molecule has 94 valence electrons. The number of nitrogens with one attached hydrogen (secondary N) is 1. The number of benzene rings is 1. The first-order valence-corrected chi connectivity index (χ1v) is 5.76. The lowest BCUT2D eigenvalue weighted by Gasteiger charge is -2.20. The molecule has 1 aromatic rings. The minimum Gasteiger partial charge on any atom is -0.480 e. The minimum absolute atomic E-state index is 0.259. The summed E-state index contributed by atoms with van der Waals surface area (Å²) in [6.45, 7) is 3.31. The van der Waals surface area contributed by atoms with Gasteiger partial charge >= 0.3 is 5.97 Å². The monoisotopic (exact) mass is 307 g/mol. The molecule has 0 amide bonds. The molecule has 0 saturated heterocycles. The van der Waals surface area contributed by atoms with E-state index in [1.807, 2.05) is 0 Å². The Morgan fingerprint density at radius 3 is 2.18 bits per heavy atom. The zero-order valence-corrected chi connectivity index (χ0v) is 10.9. The minimum atomic E-state index is -1.15. The summed E-state index contributed by atoms with van der Waals surface area (Å²) in [6.07, 6.45) is 0. The van der Waals surface area contributed by atoms with Gasteiger partial charge in [0.15, 0.2) is 0 Å². The van der Waals surface area contributed by atoms with Crippen LogP contribution in [0.4, 0.5) is 14.5 Å². The van der Waals surface area contributed by atoms with Crippen LogP contribution in [0.5, 0.6) is 0 Å². The molecule has 0 aliphatic carbocycles. The number of carbonyl (C=O) groups is 1. The molecule has 0 aromatic heterocycles. The summed E-state index contributed by atoms with van der Waals surface area (Å²) in [5.41, 5.74) is -0.422. The van der Waals surface area contributed by atoms with Gasteiger partial charge in [0.05, 0.1) is 0 Å². The smallest absolute Gasteiger partial charge is 0.326 e. The van der Waals surface area contributed by atoms with Crippen molar-refractivity contribution in [3.63, 3.8) is 0 Å². The first-order valence-electron chi connectivity index (χ1n) is 4.96. The van der Waals surface area contributed by atoms with Crippen molar-refractivity contribution in [2.45, 2.75) is 19.9 Å². The SMILES string of the molecule is CC(C)C(Nc1c(F)cc(Br)cc1F)C(=O)O. The maximum absolute atomic E-state index is 13.5. The summed E-state index contributed by atoms with van der Waals surface area (Å²) < 4.78 is 27.2. The zero-order chi connectivity index (χ0) is 13.2. The molecule has 1 aromatic carbocycles. The lowest BCUT2D eigenvalue weighted by Crippen LogP contribution is -2.34. The summed E-state index contributed by atoms with van der Waals surface area (Å²) in [5.74, 6) is -3.11. The molecule has 17 heavy (non-hydrogen) atoms. The molecule has 0 radical (unpaired) electrons. The topological polar surface area (TPSA) is 49.3 Å². The molecule has 2 N–H and O–H groups in total. The quantitative estimate of drug-likeness (QED) is 0.897. The second-order valence-electron chi connectivity index (χ2n) is 3.95. The second kappa shape index (κ2) is 5.44. The summed E-state index contributed by atoms with van der Waals surface area (Å²) in [6, 6.07) is 1.11. The fourth-order valence-corrected chi connectivity index (χ4v) is 1.75. The maximum atomic E-state index is 13.5. The third kappa shape index (κ3) is 3.39. The molecular weight excluding hydrogens is 296 g/mol. The Balaban J connectivity index is 3.05. The van der Waals surface area contributed by atoms with E-state index in [1.165, 1.54) is 0 Å². The van der Waals surface area contributed by atoms with Crippen molar-refractivity contribution in [1.29, 1.82) is 0 Å². The predicted octanol–water partition coefficient (Wildman–Crippen LogP) is 3.25. The maximum Gasteiger partial charge on any atom is 0.326 e. The normalized spacial score (nSPS) is 12.6. The van der Waals surface area contributed by atoms with Crippen LogP contribution in [0.2, 0.25) is 0 Å². The molecule has 0 fully saturated rings. The Bertz CT molecular complexity index is 414. The van der Waals surface area contributed by atoms with Gasteiger partial charge in [0.1, 0.15) is 23.4 Å². The molecule has 0 bridgehead atoms. The van der Waals surface area contributed by atoms with Gasteiger partial charge in [0.2, 0.25) is 0 Å². The molecular formula is C11H12BrF2NO2. The Kier molecular flexibility index (Phi) is 4.45. The van der Waals surface area contributed by atoms with E-state index in [9.17, 15) is 13.6 Å². The first kappa shape index (κ1) is 13.9. The van der Waals surface area contributed by atoms with Gasteiger partial charge < -0.3 is 10.4 Å². The molecule has 1 unspecified atom stereocenters. The van der Waals surface area contributed by atoms with Crippen molar-refractivity contribution in [1.82, 2.24) is 0 Å². The standard InChI is InChI=1S/C11H12BrF2NO2/c1-5(2)9(11(16)17)15-10-7(13)3-6(12)4-8(10)14/h3-5,9,15H,1-2H3,(H,16,17). The Hall–Kier alpha value is -1.17. The highest BCUT2D eigenvalue weighted by Gasteiger charge is 2.24. The van der Waals surface area contributed by atoms with Gasteiger partial charge in [-0.25, -0.2) is 13.6 Å². The predicted molar refractivity (Wildman–Crippen MR) is 63.9 cm³/mol. The third-order valence-corrected chi connectivity index (χ3v) is 2.70. The number of aliphatic carboxylic acids is 1. The number of halogens is 3. The van der Waals surface area contributed by atoms with Gasteiger partial charge in [-0.1, -0.05) is 29.8 Å². The lowest BCUT2D eigenvalue weighted by atomic mass is 10.0. The van der Waals surface area contributed by atoms with Crippen LogP contribution in [0, 0.1) is 17.6 Å². The van der Waals surface area contributed by atoms with Crippen molar-refractivity contribution in [2.24, 2.45) is 5.92 Å². The van der Waals surface area contributed by atoms with Gasteiger partial charge in [0, 0.05) is 4.47 Å². The van der Waals surface area contributed by atoms with Crippen LogP contribution in [0.1, 0.15) is 13.8 Å². The first-order chi connectivity index (χ1) is 7.82. The number of carboxylic acid groups (broad SMARTS) is 1. The number of hydrogen-bond acceptors (Lipinski definition) is 2. The molecule has 0 aliphatic heterocycles. The van der Waals surface area contributed by atoms with E-state index >= 15 is 0 Å². The van der Waals surface area contributed by atoms with Crippen molar-refractivity contribution in [2.75, 3.05) is 5.32 Å². The highest BCUT2D eigenvalue weighted by atomic mass is 79.9. The van der Waals surface area contributed by atoms with Crippen LogP contribution < -0.4 is 5.32 Å².